The van der Waals surface area contributed by atoms with Gasteiger partial charge in [-0.1, -0.05) is 18.2 Å². The summed E-state index contributed by atoms with van der Waals surface area (Å²) < 4.78 is 13.0. The van der Waals surface area contributed by atoms with Gasteiger partial charge in [-0.15, -0.1) is 0 Å². The molecule has 1 unspecified atom stereocenters. The van der Waals surface area contributed by atoms with Crippen LogP contribution in [0.15, 0.2) is 24.4 Å². The minimum Gasteiger partial charge on any atom is -0.343 e. The number of aromatic amines is 1. The second-order valence-corrected chi connectivity index (χ2v) is 3.18. The van der Waals surface area contributed by atoms with Crippen LogP contribution in [0.2, 0.25) is 0 Å². The van der Waals surface area contributed by atoms with Crippen molar-refractivity contribution in [3.8, 4) is 0 Å². The number of aromatic nitrogens is 2. The maximum absolute atomic E-state index is 13.0. The van der Waals surface area contributed by atoms with Gasteiger partial charge in [0.05, 0.1) is 11.9 Å². The molecule has 0 aromatic carbocycles. The van der Waals surface area contributed by atoms with Gasteiger partial charge < -0.3 is 4.98 Å². The number of hydrogen-bond acceptors (Lipinski definition) is 1. The highest BCUT2D eigenvalue weighted by Crippen LogP contribution is 2.23. The first-order valence-corrected chi connectivity index (χ1v) is 4.29. The van der Waals surface area contributed by atoms with Crippen LogP contribution in [0.5, 0.6) is 0 Å². The monoisotopic (exact) mass is 178 g/mol. The van der Waals surface area contributed by atoms with E-state index in [-0.39, 0.29) is 0 Å². The second kappa shape index (κ2) is 3.17. The Balaban J connectivity index is 2.27. The van der Waals surface area contributed by atoms with Crippen molar-refractivity contribution in [2.75, 3.05) is 0 Å². The van der Waals surface area contributed by atoms with Gasteiger partial charge in [-0.2, -0.15) is 0 Å². The van der Waals surface area contributed by atoms with Crippen LogP contribution in [-0.4, -0.2) is 16.1 Å². The molecule has 1 aliphatic carbocycles. The van der Waals surface area contributed by atoms with Gasteiger partial charge in [0.25, 0.3) is 0 Å². The molecule has 0 saturated carbocycles. The summed E-state index contributed by atoms with van der Waals surface area (Å²) in [6, 6.07) is 0. The minimum absolute atomic E-state index is 0.443. The molecule has 0 aliphatic heterocycles. The SMILES string of the molecule is Cc1ncc(C2=CC=CC(F)C2)[nH]1. The van der Waals surface area contributed by atoms with E-state index in [2.05, 4.69) is 9.97 Å². The van der Waals surface area contributed by atoms with E-state index in [9.17, 15) is 4.39 Å². The quantitative estimate of drug-likeness (QED) is 0.702. The van der Waals surface area contributed by atoms with Crippen LogP contribution in [0, 0.1) is 6.92 Å². The third-order valence-electron chi connectivity index (χ3n) is 2.08. The number of halogens is 1. The number of allylic oxidation sites excluding steroid dienone is 4. The molecule has 1 N–H and O–H groups in total. The van der Waals surface area contributed by atoms with E-state index < -0.39 is 6.17 Å². The Bertz CT molecular complexity index is 363. The molecule has 2 rings (SSSR count). The third kappa shape index (κ3) is 1.69. The largest absolute Gasteiger partial charge is 0.343 e. The Morgan fingerprint density at radius 2 is 2.46 bits per heavy atom. The highest BCUT2D eigenvalue weighted by Gasteiger charge is 2.12. The maximum atomic E-state index is 13.0. The predicted octanol–water partition coefficient (Wildman–Crippen LogP) is 2.40. The minimum atomic E-state index is -0.858. The van der Waals surface area contributed by atoms with Gasteiger partial charge in [0.15, 0.2) is 0 Å². The van der Waals surface area contributed by atoms with Crippen LogP contribution >= 0.6 is 0 Å². The standard InChI is InChI=1S/C10H11FN2/c1-7-12-6-10(13-7)8-3-2-4-9(11)5-8/h2-4,6,9H,5H2,1H3,(H,12,13). The Morgan fingerprint density at radius 1 is 1.62 bits per heavy atom. The molecule has 3 heteroatoms. The van der Waals surface area contributed by atoms with Crippen molar-refractivity contribution >= 4 is 5.57 Å². The highest BCUT2D eigenvalue weighted by atomic mass is 19.1. The molecule has 0 radical (unpaired) electrons. The molecule has 1 atom stereocenters. The molecule has 1 aromatic heterocycles. The number of H-pyrrole nitrogens is 1. The van der Waals surface area contributed by atoms with Crippen molar-refractivity contribution in [3.63, 3.8) is 0 Å². The van der Waals surface area contributed by atoms with Crippen molar-refractivity contribution in [1.29, 1.82) is 0 Å². The number of nitrogens with one attached hydrogen (secondary N) is 1. The van der Waals surface area contributed by atoms with E-state index in [4.69, 9.17) is 0 Å². The van der Waals surface area contributed by atoms with E-state index in [1.807, 2.05) is 13.0 Å². The number of nitrogens with zero attached hydrogens (tertiary/aromatic N) is 1. The lowest BCUT2D eigenvalue weighted by Crippen LogP contribution is -2.01. The summed E-state index contributed by atoms with van der Waals surface area (Å²) >= 11 is 0. The lowest BCUT2D eigenvalue weighted by Gasteiger charge is -2.09. The third-order valence-corrected chi connectivity index (χ3v) is 2.08. The summed E-state index contributed by atoms with van der Waals surface area (Å²) in [5.74, 6) is 0.862. The van der Waals surface area contributed by atoms with Crippen LogP contribution in [-0.2, 0) is 0 Å². The summed E-state index contributed by atoms with van der Waals surface area (Å²) in [7, 11) is 0. The molecule has 0 fully saturated rings. The van der Waals surface area contributed by atoms with Crippen LogP contribution in [0.3, 0.4) is 0 Å². The number of aryl methyl sites for hydroxylation is 1. The van der Waals surface area contributed by atoms with Crippen molar-refractivity contribution in [2.45, 2.75) is 19.5 Å². The van der Waals surface area contributed by atoms with Gasteiger partial charge in [-0.05, 0) is 12.5 Å². The summed E-state index contributed by atoms with van der Waals surface area (Å²) in [5, 5.41) is 0. The number of imidazole rings is 1. The number of hydrogen-bond donors (Lipinski definition) is 1. The van der Waals surface area contributed by atoms with Crippen LogP contribution in [0.25, 0.3) is 5.57 Å². The topological polar surface area (TPSA) is 28.7 Å². The molecular weight excluding hydrogens is 167 g/mol. The summed E-state index contributed by atoms with van der Waals surface area (Å²) in [6.07, 6.45) is 6.56. The van der Waals surface area contributed by atoms with Gasteiger partial charge in [0.1, 0.15) is 12.0 Å². The molecule has 0 saturated heterocycles. The average Bonchev–Trinajstić information content (AvgIpc) is 2.52. The molecular formula is C10H11FN2. The Hall–Kier alpha value is -1.38. The first-order chi connectivity index (χ1) is 6.25. The molecule has 68 valence electrons. The zero-order valence-electron chi connectivity index (χ0n) is 7.42. The van der Waals surface area contributed by atoms with Gasteiger partial charge in [0, 0.05) is 6.42 Å². The summed E-state index contributed by atoms with van der Waals surface area (Å²) in [6.45, 7) is 1.88. The molecule has 0 amide bonds. The maximum Gasteiger partial charge on any atom is 0.123 e. The molecule has 1 heterocycles. The summed E-state index contributed by atoms with van der Waals surface area (Å²) in [4.78, 5) is 7.16. The lowest BCUT2D eigenvalue weighted by molar-refractivity contribution is 0.405. The van der Waals surface area contributed by atoms with Crippen molar-refractivity contribution in [2.24, 2.45) is 0 Å². The van der Waals surface area contributed by atoms with Crippen LogP contribution in [0.1, 0.15) is 17.9 Å². The van der Waals surface area contributed by atoms with Crippen molar-refractivity contribution in [1.82, 2.24) is 9.97 Å². The highest BCUT2D eigenvalue weighted by molar-refractivity contribution is 5.65. The second-order valence-electron chi connectivity index (χ2n) is 3.18. The first kappa shape index (κ1) is 8.23. The van der Waals surface area contributed by atoms with Crippen molar-refractivity contribution < 1.29 is 4.39 Å². The number of alkyl halides is 1. The van der Waals surface area contributed by atoms with Crippen molar-refractivity contribution in [3.05, 3.63) is 35.9 Å². The van der Waals surface area contributed by atoms with Gasteiger partial charge in [-0.25, -0.2) is 9.37 Å². The lowest BCUT2D eigenvalue weighted by atomic mass is 10.0. The Labute approximate surface area is 76.2 Å². The Morgan fingerprint density at radius 3 is 3.08 bits per heavy atom. The summed E-state index contributed by atoms with van der Waals surface area (Å²) in [5.41, 5.74) is 1.90. The fourth-order valence-electron chi connectivity index (χ4n) is 1.42. The van der Waals surface area contributed by atoms with Crippen LogP contribution in [0.4, 0.5) is 4.39 Å². The first-order valence-electron chi connectivity index (χ1n) is 4.29. The van der Waals surface area contributed by atoms with Crippen LogP contribution < -0.4 is 0 Å². The van der Waals surface area contributed by atoms with Gasteiger partial charge >= 0.3 is 0 Å². The van der Waals surface area contributed by atoms with E-state index in [1.165, 1.54) is 0 Å². The molecule has 2 nitrogen and oxygen atoms in total. The van der Waals surface area contributed by atoms with E-state index >= 15 is 0 Å². The normalized spacial score (nSPS) is 21.7. The average molecular weight is 178 g/mol. The van der Waals surface area contributed by atoms with Gasteiger partial charge in [0.2, 0.25) is 0 Å². The van der Waals surface area contributed by atoms with E-state index in [0.29, 0.717) is 6.42 Å². The zero-order chi connectivity index (χ0) is 9.26. The smallest absolute Gasteiger partial charge is 0.123 e. The van der Waals surface area contributed by atoms with E-state index in [1.54, 1.807) is 18.3 Å². The molecule has 13 heavy (non-hydrogen) atoms. The fraction of sp³-hybridized carbons (Fsp3) is 0.300. The van der Waals surface area contributed by atoms with Gasteiger partial charge in [-0.3, -0.25) is 0 Å². The molecule has 0 spiro atoms. The Kier molecular flexibility index (Phi) is 2.00. The number of rotatable bonds is 1. The zero-order valence-corrected chi connectivity index (χ0v) is 7.42. The fourth-order valence-corrected chi connectivity index (χ4v) is 1.42. The predicted molar refractivity (Wildman–Crippen MR) is 50.0 cm³/mol. The van der Waals surface area contributed by atoms with E-state index in [0.717, 1.165) is 17.1 Å². The molecule has 1 aliphatic rings. The molecule has 1 aromatic rings. The molecule has 0 bridgehead atoms.